The Balaban J connectivity index is 3.95. The van der Waals surface area contributed by atoms with Gasteiger partial charge in [-0.1, -0.05) is 0 Å². The molecule has 0 bridgehead atoms. The molecular formula is C3H6O4S. The third kappa shape index (κ3) is 5.42. The van der Waals surface area contributed by atoms with Gasteiger partial charge in [0, 0.05) is 6.92 Å². The van der Waals surface area contributed by atoms with Crippen molar-refractivity contribution in [3.8, 4) is 0 Å². The summed E-state index contributed by atoms with van der Waals surface area (Å²) in [6.45, 7) is 1.03. The quantitative estimate of drug-likeness (QED) is 0.459. The SMILES string of the molecule is CC(=O)OS(C)(=O)=O. The molecule has 0 aromatic rings. The van der Waals surface area contributed by atoms with Crippen LogP contribution in [-0.4, -0.2) is 20.6 Å². The molecule has 0 aromatic carbocycles. The summed E-state index contributed by atoms with van der Waals surface area (Å²) < 4.78 is 23.8. The topological polar surface area (TPSA) is 60.4 Å². The standard InChI is InChI=1S/C3H6O4S/c1-3(4)7-8(2,5)6/h1-2H3. The molecule has 0 saturated carbocycles. The first kappa shape index (κ1) is 7.42. The van der Waals surface area contributed by atoms with Gasteiger partial charge in [-0.2, -0.15) is 8.42 Å². The first-order valence-electron chi connectivity index (χ1n) is 1.82. The lowest BCUT2D eigenvalue weighted by atomic mass is 10.9. The molecule has 0 amide bonds. The highest BCUT2D eigenvalue weighted by Crippen LogP contribution is 1.84. The fraction of sp³-hybridized carbons (Fsp3) is 0.667. The average Bonchev–Trinajstić information content (AvgIpc) is 1.21. The average molecular weight is 138 g/mol. The molecule has 0 spiro atoms. The molecule has 0 aromatic heterocycles. The summed E-state index contributed by atoms with van der Waals surface area (Å²) in [6.07, 6.45) is 0.814. The van der Waals surface area contributed by atoms with E-state index in [1.165, 1.54) is 0 Å². The van der Waals surface area contributed by atoms with Crippen molar-refractivity contribution in [3.63, 3.8) is 0 Å². The molecule has 0 aliphatic rings. The molecule has 0 radical (unpaired) electrons. The summed E-state index contributed by atoms with van der Waals surface area (Å²) in [5, 5.41) is 0. The number of carbonyl (C=O) groups is 1. The van der Waals surface area contributed by atoms with Crippen LogP contribution in [0.4, 0.5) is 0 Å². The molecule has 0 heterocycles. The molecule has 48 valence electrons. The van der Waals surface area contributed by atoms with Crippen molar-refractivity contribution < 1.29 is 17.4 Å². The second kappa shape index (κ2) is 2.13. The molecule has 0 fully saturated rings. The lowest BCUT2D eigenvalue weighted by molar-refractivity contribution is -0.131. The first-order chi connectivity index (χ1) is 3.42. The van der Waals surface area contributed by atoms with Crippen LogP contribution in [0.3, 0.4) is 0 Å². The van der Waals surface area contributed by atoms with Crippen LogP contribution in [0.25, 0.3) is 0 Å². The molecule has 0 rings (SSSR count). The van der Waals surface area contributed by atoms with Crippen molar-refractivity contribution in [2.75, 3.05) is 6.26 Å². The van der Waals surface area contributed by atoms with E-state index in [-0.39, 0.29) is 0 Å². The second-order valence-electron chi connectivity index (χ2n) is 1.28. The summed E-state index contributed by atoms with van der Waals surface area (Å²) in [5.41, 5.74) is 0. The molecule has 0 N–H and O–H groups in total. The van der Waals surface area contributed by atoms with E-state index in [1.54, 1.807) is 0 Å². The van der Waals surface area contributed by atoms with Gasteiger partial charge in [0.15, 0.2) is 0 Å². The van der Waals surface area contributed by atoms with E-state index in [9.17, 15) is 13.2 Å². The second-order valence-corrected chi connectivity index (χ2v) is 2.85. The van der Waals surface area contributed by atoms with Crippen LogP contribution in [-0.2, 0) is 19.1 Å². The van der Waals surface area contributed by atoms with E-state index in [4.69, 9.17) is 0 Å². The van der Waals surface area contributed by atoms with Crippen molar-refractivity contribution in [2.45, 2.75) is 6.92 Å². The highest BCUT2D eigenvalue weighted by molar-refractivity contribution is 7.86. The maximum absolute atomic E-state index is 10.00. The Morgan fingerprint density at radius 1 is 1.50 bits per heavy atom. The van der Waals surface area contributed by atoms with Crippen LogP contribution in [0.1, 0.15) is 6.92 Å². The lowest BCUT2D eigenvalue weighted by Crippen LogP contribution is -2.06. The van der Waals surface area contributed by atoms with Gasteiger partial charge in [-0.25, -0.2) is 0 Å². The molecule has 8 heavy (non-hydrogen) atoms. The van der Waals surface area contributed by atoms with Gasteiger partial charge < -0.3 is 4.18 Å². The van der Waals surface area contributed by atoms with Crippen molar-refractivity contribution >= 4 is 16.1 Å². The van der Waals surface area contributed by atoms with Gasteiger partial charge in [0.25, 0.3) is 0 Å². The predicted octanol–water partition coefficient (Wildman–Crippen LogP) is -0.491. The minimum Gasteiger partial charge on any atom is -0.346 e. The van der Waals surface area contributed by atoms with Crippen LogP contribution in [0.2, 0.25) is 0 Å². The maximum atomic E-state index is 10.00. The van der Waals surface area contributed by atoms with Gasteiger partial charge in [-0.15, -0.1) is 0 Å². The lowest BCUT2D eigenvalue weighted by Gasteiger charge is -1.92. The van der Waals surface area contributed by atoms with Gasteiger partial charge in [0.05, 0.1) is 6.26 Å². The molecular weight excluding hydrogens is 132 g/mol. The molecule has 5 heteroatoms. The van der Waals surface area contributed by atoms with Gasteiger partial charge in [-0.05, 0) is 0 Å². The minimum absolute atomic E-state index is 0.812. The van der Waals surface area contributed by atoms with E-state index in [1.807, 2.05) is 0 Å². The predicted molar refractivity (Wildman–Crippen MR) is 26.6 cm³/mol. The van der Waals surface area contributed by atoms with E-state index in [0.29, 0.717) is 0 Å². The highest BCUT2D eigenvalue weighted by Gasteiger charge is 2.02. The van der Waals surface area contributed by atoms with Crippen LogP contribution < -0.4 is 0 Å². The summed E-state index contributed by atoms with van der Waals surface area (Å²) in [7, 11) is -3.57. The van der Waals surface area contributed by atoms with Crippen molar-refractivity contribution in [1.29, 1.82) is 0 Å². The first-order valence-corrected chi connectivity index (χ1v) is 3.63. The molecule has 0 atom stereocenters. The third-order valence-corrected chi connectivity index (χ3v) is 0.806. The largest absolute Gasteiger partial charge is 0.346 e. The van der Waals surface area contributed by atoms with Crippen LogP contribution >= 0.6 is 0 Å². The third-order valence-electron chi connectivity index (χ3n) is 0.269. The van der Waals surface area contributed by atoms with E-state index >= 15 is 0 Å². The number of rotatable bonds is 1. The zero-order valence-electron chi connectivity index (χ0n) is 4.54. The summed E-state index contributed by atoms with van der Waals surface area (Å²) >= 11 is 0. The Morgan fingerprint density at radius 3 is 1.88 bits per heavy atom. The summed E-state index contributed by atoms with van der Waals surface area (Å²) in [5.74, 6) is -0.812. The molecule has 4 nitrogen and oxygen atoms in total. The number of hydrogen-bond acceptors (Lipinski definition) is 4. The Hall–Kier alpha value is -0.580. The summed E-state index contributed by atoms with van der Waals surface area (Å²) in [4.78, 5) is 9.86. The van der Waals surface area contributed by atoms with Crippen LogP contribution in [0.15, 0.2) is 0 Å². The van der Waals surface area contributed by atoms with Crippen molar-refractivity contribution in [1.82, 2.24) is 0 Å². The molecule has 0 aliphatic heterocycles. The van der Waals surface area contributed by atoms with E-state index < -0.39 is 16.1 Å². The monoisotopic (exact) mass is 138 g/mol. The molecule has 0 saturated heterocycles. The van der Waals surface area contributed by atoms with Gasteiger partial charge in [-0.3, -0.25) is 4.79 Å². The molecule has 0 unspecified atom stereocenters. The van der Waals surface area contributed by atoms with Gasteiger partial charge >= 0.3 is 16.1 Å². The van der Waals surface area contributed by atoms with E-state index in [2.05, 4.69) is 4.18 Å². The smallest absolute Gasteiger partial charge is 0.319 e. The molecule has 0 aliphatic carbocycles. The minimum atomic E-state index is -3.57. The fourth-order valence-corrected chi connectivity index (χ4v) is 0.640. The highest BCUT2D eigenvalue weighted by atomic mass is 32.2. The van der Waals surface area contributed by atoms with Crippen molar-refractivity contribution in [3.05, 3.63) is 0 Å². The Kier molecular flexibility index (Phi) is 1.97. The number of hydrogen-bond donors (Lipinski definition) is 0. The van der Waals surface area contributed by atoms with Gasteiger partial charge in [0.1, 0.15) is 0 Å². The zero-order valence-corrected chi connectivity index (χ0v) is 5.36. The Bertz CT molecular complexity index is 177. The zero-order chi connectivity index (χ0) is 6.78. The maximum Gasteiger partial charge on any atom is 0.319 e. The van der Waals surface area contributed by atoms with E-state index in [0.717, 1.165) is 13.2 Å². The van der Waals surface area contributed by atoms with Crippen LogP contribution in [0, 0.1) is 0 Å². The van der Waals surface area contributed by atoms with Crippen molar-refractivity contribution in [2.24, 2.45) is 0 Å². The Morgan fingerprint density at radius 2 is 1.88 bits per heavy atom. The normalized spacial score (nSPS) is 10.8. The summed E-state index contributed by atoms with van der Waals surface area (Å²) in [6, 6.07) is 0. The number of carbonyl (C=O) groups excluding carboxylic acids is 1. The Labute approximate surface area is 47.6 Å². The fourth-order valence-electron chi connectivity index (χ4n) is 0.213. The van der Waals surface area contributed by atoms with Gasteiger partial charge in [0.2, 0.25) is 0 Å². The van der Waals surface area contributed by atoms with Crippen LogP contribution in [0.5, 0.6) is 0 Å².